The number of nitrogens with one attached hydrogen (secondary N) is 1. The molecule has 0 heterocycles. The molecule has 0 unspecified atom stereocenters. The highest BCUT2D eigenvalue weighted by atomic mass is 16.6. The third kappa shape index (κ3) is 3.41. The molecule has 1 rings (SSSR count). The van der Waals surface area contributed by atoms with Gasteiger partial charge in [0.2, 0.25) is 0 Å². The molecule has 1 aromatic rings. The molecule has 0 aliphatic carbocycles. The predicted molar refractivity (Wildman–Crippen MR) is 54.9 cm³/mol. The zero-order valence-corrected chi connectivity index (χ0v) is 8.01. The molecule has 0 bridgehead atoms. The van der Waals surface area contributed by atoms with Crippen LogP contribution in [0.15, 0.2) is 36.4 Å². The number of hydrogen-bond donors (Lipinski definition) is 3. The molecule has 0 aliphatic heterocycles. The summed E-state index contributed by atoms with van der Waals surface area (Å²) in [5.41, 5.74) is 2.64. The van der Waals surface area contributed by atoms with Crippen molar-refractivity contribution in [1.82, 2.24) is 5.43 Å². The second kappa shape index (κ2) is 5.79. The number of aliphatic hydroxyl groups excluding tert-OH is 1. The summed E-state index contributed by atoms with van der Waals surface area (Å²) in [5.74, 6) is 4.70. The van der Waals surface area contributed by atoms with Crippen LogP contribution in [0.25, 0.3) is 5.76 Å². The fourth-order valence-corrected chi connectivity index (χ4v) is 1.04. The second-order valence-electron chi connectivity index (χ2n) is 2.66. The van der Waals surface area contributed by atoms with Gasteiger partial charge in [-0.3, -0.25) is 10.2 Å². The van der Waals surface area contributed by atoms with Crippen LogP contribution in [0.3, 0.4) is 0 Å². The Morgan fingerprint density at radius 2 is 2.13 bits per heavy atom. The summed E-state index contributed by atoms with van der Waals surface area (Å²) in [6.45, 7) is -0.501. The van der Waals surface area contributed by atoms with E-state index >= 15 is 0 Å². The van der Waals surface area contributed by atoms with Crippen molar-refractivity contribution < 1.29 is 14.6 Å². The molecule has 5 nitrogen and oxygen atoms in total. The summed E-state index contributed by atoms with van der Waals surface area (Å²) in [6, 6.07) is 8.94. The molecule has 80 valence electrons. The standard InChI is InChI=1S/C10H12N2O3/c11-12-10(14)6-9(15-7-13)8-4-2-1-3-5-8/h1-6,13H,7,11H2,(H,12,14)/b9-6+. The summed E-state index contributed by atoms with van der Waals surface area (Å²) >= 11 is 0. The average Bonchev–Trinajstić information content (AvgIpc) is 2.29. The van der Waals surface area contributed by atoms with Crippen LogP contribution in [0.2, 0.25) is 0 Å². The third-order valence-corrected chi connectivity index (χ3v) is 1.68. The van der Waals surface area contributed by atoms with Crippen LogP contribution in [0.5, 0.6) is 0 Å². The van der Waals surface area contributed by atoms with E-state index in [9.17, 15) is 4.79 Å². The first-order chi connectivity index (χ1) is 7.27. The van der Waals surface area contributed by atoms with Gasteiger partial charge in [-0.2, -0.15) is 0 Å². The van der Waals surface area contributed by atoms with E-state index in [1.165, 1.54) is 6.08 Å². The molecule has 0 atom stereocenters. The Kier molecular flexibility index (Phi) is 4.33. The van der Waals surface area contributed by atoms with Gasteiger partial charge in [0.1, 0.15) is 5.76 Å². The van der Waals surface area contributed by atoms with Crippen LogP contribution >= 0.6 is 0 Å². The first-order valence-corrected chi connectivity index (χ1v) is 4.29. The molecule has 5 heteroatoms. The van der Waals surface area contributed by atoms with E-state index in [0.29, 0.717) is 5.56 Å². The number of benzene rings is 1. The molecule has 15 heavy (non-hydrogen) atoms. The quantitative estimate of drug-likeness (QED) is 0.162. The van der Waals surface area contributed by atoms with E-state index in [0.717, 1.165) is 0 Å². The van der Waals surface area contributed by atoms with Gasteiger partial charge >= 0.3 is 0 Å². The lowest BCUT2D eigenvalue weighted by molar-refractivity contribution is -0.116. The Morgan fingerprint density at radius 1 is 1.47 bits per heavy atom. The first kappa shape index (κ1) is 11.2. The lowest BCUT2D eigenvalue weighted by Gasteiger charge is -2.07. The number of carbonyl (C=O) groups is 1. The second-order valence-corrected chi connectivity index (χ2v) is 2.66. The van der Waals surface area contributed by atoms with Gasteiger partial charge in [-0.15, -0.1) is 0 Å². The summed E-state index contributed by atoms with van der Waals surface area (Å²) in [4.78, 5) is 11.0. The maximum atomic E-state index is 11.0. The number of nitrogens with two attached hydrogens (primary N) is 1. The SMILES string of the molecule is NNC(=O)/C=C(/OCO)c1ccccc1. The number of amides is 1. The molecule has 0 aromatic heterocycles. The van der Waals surface area contributed by atoms with Crippen LogP contribution in [-0.2, 0) is 9.53 Å². The van der Waals surface area contributed by atoms with Gasteiger partial charge in [-0.25, -0.2) is 5.84 Å². The number of hydrogen-bond acceptors (Lipinski definition) is 4. The zero-order valence-electron chi connectivity index (χ0n) is 8.01. The lowest BCUT2D eigenvalue weighted by atomic mass is 10.2. The smallest absolute Gasteiger partial charge is 0.261 e. The minimum absolute atomic E-state index is 0.265. The van der Waals surface area contributed by atoms with Gasteiger partial charge in [0.05, 0.1) is 0 Å². The highest BCUT2D eigenvalue weighted by molar-refractivity contribution is 5.93. The molecule has 0 saturated carbocycles. The Balaban J connectivity index is 2.93. The predicted octanol–water partition coefficient (Wildman–Crippen LogP) is -0.0162. The molecular formula is C10H12N2O3. The zero-order chi connectivity index (χ0) is 11.1. The maximum absolute atomic E-state index is 11.0. The van der Waals surface area contributed by atoms with Gasteiger partial charge in [0.15, 0.2) is 6.79 Å². The van der Waals surface area contributed by atoms with Crippen molar-refractivity contribution in [2.75, 3.05) is 6.79 Å². The normalized spacial score (nSPS) is 10.9. The van der Waals surface area contributed by atoms with Crippen LogP contribution in [0, 0.1) is 0 Å². The van der Waals surface area contributed by atoms with Crippen molar-refractivity contribution >= 4 is 11.7 Å². The van der Waals surface area contributed by atoms with E-state index in [1.807, 2.05) is 11.5 Å². The topological polar surface area (TPSA) is 84.6 Å². The number of rotatable bonds is 4. The molecule has 1 amide bonds. The van der Waals surface area contributed by atoms with Crippen molar-refractivity contribution in [1.29, 1.82) is 0 Å². The fraction of sp³-hybridized carbons (Fsp3) is 0.100. The maximum Gasteiger partial charge on any atom is 0.261 e. The van der Waals surface area contributed by atoms with Crippen LogP contribution in [0.1, 0.15) is 5.56 Å². The van der Waals surface area contributed by atoms with Gasteiger partial charge in [0, 0.05) is 11.6 Å². The first-order valence-electron chi connectivity index (χ1n) is 4.29. The van der Waals surface area contributed by atoms with Crippen molar-refractivity contribution in [2.45, 2.75) is 0 Å². The van der Waals surface area contributed by atoms with Crippen molar-refractivity contribution in [3.05, 3.63) is 42.0 Å². The molecule has 1 aromatic carbocycles. The molecule has 4 N–H and O–H groups in total. The Hall–Kier alpha value is -1.85. The van der Waals surface area contributed by atoms with Gasteiger partial charge < -0.3 is 9.84 Å². The summed E-state index contributed by atoms with van der Waals surface area (Å²) < 4.78 is 4.90. The average molecular weight is 208 g/mol. The van der Waals surface area contributed by atoms with Crippen LogP contribution in [0.4, 0.5) is 0 Å². The van der Waals surface area contributed by atoms with E-state index in [2.05, 4.69) is 0 Å². The Morgan fingerprint density at radius 3 is 2.67 bits per heavy atom. The molecule has 0 saturated heterocycles. The Labute approximate surface area is 87.1 Å². The van der Waals surface area contributed by atoms with E-state index < -0.39 is 12.7 Å². The summed E-state index contributed by atoms with van der Waals surface area (Å²) in [6.07, 6.45) is 1.17. The monoisotopic (exact) mass is 208 g/mol. The minimum Gasteiger partial charge on any atom is -0.467 e. The van der Waals surface area contributed by atoms with Gasteiger partial charge in [0.25, 0.3) is 5.91 Å². The number of hydrazine groups is 1. The largest absolute Gasteiger partial charge is 0.467 e. The van der Waals surface area contributed by atoms with Crippen LogP contribution < -0.4 is 11.3 Å². The molecule has 0 radical (unpaired) electrons. The van der Waals surface area contributed by atoms with Crippen molar-refractivity contribution in [3.63, 3.8) is 0 Å². The number of carbonyl (C=O) groups excluding carboxylic acids is 1. The molecule has 0 aliphatic rings. The van der Waals surface area contributed by atoms with Gasteiger partial charge in [-0.1, -0.05) is 30.3 Å². The number of aliphatic hydroxyl groups is 1. The summed E-state index contributed by atoms with van der Waals surface area (Å²) in [7, 11) is 0. The lowest BCUT2D eigenvalue weighted by Crippen LogP contribution is -2.28. The molecular weight excluding hydrogens is 196 g/mol. The van der Waals surface area contributed by atoms with Crippen molar-refractivity contribution in [3.8, 4) is 0 Å². The van der Waals surface area contributed by atoms with E-state index in [-0.39, 0.29) is 5.76 Å². The van der Waals surface area contributed by atoms with Gasteiger partial charge in [-0.05, 0) is 0 Å². The molecule has 0 spiro atoms. The van der Waals surface area contributed by atoms with E-state index in [4.69, 9.17) is 15.7 Å². The molecule has 0 fully saturated rings. The minimum atomic E-state index is -0.501. The fourth-order valence-electron chi connectivity index (χ4n) is 1.04. The Bertz CT molecular complexity index is 349. The number of ether oxygens (including phenoxy) is 1. The third-order valence-electron chi connectivity index (χ3n) is 1.68. The van der Waals surface area contributed by atoms with E-state index in [1.54, 1.807) is 24.3 Å². The van der Waals surface area contributed by atoms with Crippen LogP contribution in [-0.4, -0.2) is 17.8 Å². The highest BCUT2D eigenvalue weighted by Gasteiger charge is 2.04. The highest BCUT2D eigenvalue weighted by Crippen LogP contribution is 2.14. The summed E-state index contributed by atoms with van der Waals surface area (Å²) in [5, 5.41) is 8.66. The van der Waals surface area contributed by atoms with Crippen molar-refractivity contribution in [2.24, 2.45) is 5.84 Å².